The smallest absolute Gasteiger partial charge is 0.258 e. The van der Waals surface area contributed by atoms with E-state index in [9.17, 15) is 4.79 Å². The molecule has 5 nitrogen and oxygen atoms in total. The molecule has 6 heteroatoms. The topological polar surface area (TPSA) is 47.4 Å². The van der Waals surface area contributed by atoms with Crippen LogP contribution in [0.1, 0.15) is 21.6 Å². The number of ether oxygens (including phenoxy) is 1. The van der Waals surface area contributed by atoms with E-state index in [-0.39, 0.29) is 5.91 Å². The fourth-order valence-electron chi connectivity index (χ4n) is 2.87. The maximum absolute atomic E-state index is 13.2. The molecule has 3 rings (SSSR count). The van der Waals surface area contributed by atoms with Gasteiger partial charge in [-0.05, 0) is 36.8 Å². The van der Waals surface area contributed by atoms with Crippen molar-refractivity contribution in [2.45, 2.75) is 23.4 Å². The highest BCUT2D eigenvalue weighted by atomic mass is 32.2. The summed E-state index contributed by atoms with van der Waals surface area (Å²) in [5, 5.41) is 5.32. The van der Waals surface area contributed by atoms with Gasteiger partial charge in [-0.3, -0.25) is 9.48 Å². The van der Waals surface area contributed by atoms with Crippen molar-refractivity contribution in [3.63, 3.8) is 0 Å². The lowest BCUT2D eigenvalue weighted by Crippen LogP contribution is -2.27. The standard InChI is InChI=1S/C21H23N3O2S/c1-15-19(21(24(3)22-15)27-18-8-6-5-7-9-18)20(25)23(2)14-16-10-12-17(26-4)13-11-16/h5-13H,14H2,1-4H3. The second kappa shape index (κ2) is 8.31. The number of hydrogen-bond acceptors (Lipinski definition) is 4. The number of methoxy groups -OCH3 is 1. The molecule has 0 aliphatic heterocycles. The minimum absolute atomic E-state index is 0.0325. The van der Waals surface area contributed by atoms with Gasteiger partial charge in [-0.25, -0.2) is 0 Å². The van der Waals surface area contributed by atoms with E-state index >= 15 is 0 Å². The van der Waals surface area contributed by atoms with Crippen molar-refractivity contribution in [3.05, 3.63) is 71.4 Å². The number of aromatic nitrogens is 2. The van der Waals surface area contributed by atoms with E-state index in [4.69, 9.17) is 4.74 Å². The lowest BCUT2D eigenvalue weighted by molar-refractivity contribution is 0.0780. The molecule has 0 fully saturated rings. The number of hydrogen-bond donors (Lipinski definition) is 0. The molecule has 0 N–H and O–H groups in total. The van der Waals surface area contributed by atoms with Crippen molar-refractivity contribution in [2.75, 3.05) is 14.2 Å². The van der Waals surface area contributed by atoms with Crippen molar-refractivity contribution in [2.24, 2.45) is 7.05 Å². The highest BCUT2D eigenvalue weighted by Crippen LogP contribution is 2.32. The summed E-state index contributed by atoms with van der Waals surface area (Å²) < 4.78 is 6.97. The highest BCUT2D eigenvalue weighted by molar-refractivity contribution is 7.99. The Morgan fingerprint density at radius 2 is 1.81 bits per heavy atom. The summed E-state index contributed by atoms with van der Waals surface area (Å²) in [5.41, 5.74) is 2.44. The van der Waals surface area contributed by atoms with E-state index in [0.29, 0.717) is 12.1 Å². The third kappa shape index (κ3) is 4.34. The zero-order valence-corrected chi connectivity index (χ0v) is 16.8. The Labute approximate surface area is 164 Å². The molecule has 0 spiro atoms. The molecule has 0 bridgehead atoms. The molecule has 27 heavy (non-hydrogen) atoms. The van der Waals surface area contributed by atoms with Crippen LogP contribution in [0.15, 0.2) is 64.5 Å². The molecule has 3 aromatic rings. The summed E-state index contributed by atoms with van der Waals surface area (Å²) >= 11 is 1.56. The summed E-state index contributed by atoms with van der Waals surface area (Å²) in [4.78, 5) is 16.0. The van der Waals surface area contributed by atoms with Gasteiger partial charge < -0.3 is 9.64 Å². The Bertz CT molecular complexity index is 921. The molecular weight excluding hydrogens is 358 g/mol. The molecule has 2 aromatic carbocycles. The fourth-order valence-corrected chi connectivity index (χ4v) is 3.89. The highest BCUT2D eigenvalue weighted by Gasteiger charge is 2.24. The Hall–Kier alpha value is -2.73. The summed E-state index contributed by atoms with van der Waals surface area (Å²) in [6.45, 7) is 2.40. The Balaban J connectivity index is 1.82. The maximum atomic E-state index is 13.2. The van der Waals surface area contributed by atoms with Gasteiger partial charge in [0.25, 0.3) is 5.91 Å². The molecular formula is C21H23N3O2S. The van der Waals surface area contributed by atoms with Crippen molar-refractivity contribution < 1.29 is 9.53 Å². The van der Waals surface area contributed by atoms with Crippen LogP contribution in [0.3, 0.4) is 0 Å². The van der Waals surface area contributed by atoms with Crippen molar-refractivity contribution in [3.8, 4) is 5.75 Å². The number of amides is 1. The van der Waals surface area contributed by atoms with Crippen LogP contribution in [0.2, 0.25) is 0 Å². The van der Waals surface area contributed by atoms with Crippen LogP contribution >= 0.6 is 11.8 Å². The van der Waals surface area contributed by atoms with E-state index in [2.05, 4.69) is 5.10 Å². The number of benzene rings is 2. The van der Waals surface area contributed by atoms with Crippen molar-refractivity contribution in [1.29, 1.82) is 0 Å². The Kier molecular flexibility index (Phi) is 5.86. The van der Waals surface area contributed by atoms with E-state index < -0.39 is 0 Å². The van der Waals surface area contributed by atoms with Gasteiger partial charge in [0.1, 0.15) is 10.8 Å². The van der Waals surface area contributed by atoms with Crippen molar-refractivity contribution in [1.82, 2.24) is 14.7 Å². The second-order valence-corrected chi connectivity index (χ2v) is 7.38. The zero-order chi connectivity index (χ0) is 19.4. The number of carbonyl (C=O) groups is 1. The first-order chi connectivity index (χ1) is 13.0. The van der Waals surface area contributed by atoms with Crippen LogP contribution in [-0.2, 0) is 13.6 Å². The van der Waals surface area contributed by atoms with Gasteiger partial charge in [0.2, 0.25) is 0 Å². The van der Waals surface area contributed by atoms with Gasteiger partial charge in [0.15, 0.2) is 0 Å². The van der Waals surface area contributed by atoms with E-state index in [1.807, 2.05) is 75.6 Å². The summed E-state index contributed by atoms with van der Waals surface area (Å²) in [6.07, 6.45) is 0. The first kappa shape index (κ1) is 19.0. The minimum atomic E-state index is -0.0325. The molecule has 1 aromatic heterocycles. The molecule has 0 radical (unpaired) electrons. The van der Waals surface area contributed by atoms with Crippen molar-refractivity contribution >= 4 is 17.7 Å². The summed E-state index contributed by atoms with van der Waals surface area (Å²) in [7, 11) is 5.33. The van der Waals surface area contributed by atoms with Crippen LogP contribution < -0.4 is 4.74 Å². The monoisotopic (exact) mass is 381 g/mol. The lowest BCUT2D eigenvalue weighted by atomic mass is 10.2. The SMILES string of the molecule is COc1ccc(CN(C)C(=O)c2c(C)nn(C)c2Sc2ccccc2)cc1. The average molecular weight is 382 g/mol. The van der Waals surface area contributed by atoms with Crippen LogP contribution in [-0.4, -0.2) is 34.7 Å². The molecule has 0 aliphatic carbocycles. The molecule has 0 aliphatic rings. The maximum Gasteiger partial charge on any atom is 0.258 e. The fraction of sp³-hybridized carbons (Fsp3) is 0.238. The van der Waals surface area contributed by atoms with Crippen LogP contribution in [0.4, 0.5) is 0 Å². The Morgan fingerprint density at radius 1 is 1.15 bits per heavy atom. The Morgan fingerprint density at radius 3 is 2.44 bits per heavy atom. The van der Waals surface area contributed by atoms with Crippen LogP contribution in [0, 0.1) is 6.92 Å². The van der Waals surface area contributed by atoms with E-state index in [1.165, 1.54) is 0 Å². The van der Waals surface area contributed by atoms with Crippen LogP contribution in [0.5, 0.6) is 5.75 Å². The molecule has 0 atom stereocenters. The molecule has 1 heterocycles. The molecule has 0 saturated heterocycles. The quantitative estimate of drug-likeness (QED) is 0.643. The number of nitrogens with zero attached hydrogens (tertiary/aromatic N) is 3. The van der Waals surface area contributed by atoms with Gasteiger partial charge >= 0.3 is 0 Å². The average Bonchev–Trinajstić information content (AvgIpc) is 2.95. The van der Waals surface area contributed by atoms with E-state index in [0.717, 1.165) is 26.9 Å². The first-order valence-corrected chi connectivity index (χ1v) is 9.46. The van der Waals surface area contributed by atoms with Gasteiger partial charge in [0.05, 0.1) is 18.4 Å². The predicted octanol–water partition coefficient (Wildman–Crippen LogP) is 4.16. The molecule has 0 unspecified atom stereocenters. The lowest BCUT2D eigenvalue weighted by Gasteiger charge is -2.18. The van der Waals surface area contributed by atoms with Gasteiger partial charge in [-0.2, -0.15) is 5.10 Å². The number of carbonyl (C=O) groups excluding carboxylic acids is 1. The third-order valence-corrected chi connectivity index (χ3v) is 5.44. The number of rotatable bonds is 6. The third-order valence-electron chi connectivity index (χ3n) is 4.27. The van der Waals surface area contributed by atoms with Crippen LogP contribution in [0.25, 0.3) is 0 Å². The predicted molar refractivity (Wildman–Crippen MR) is 107 cm³/mol. The van der Waals surface area contributed by atoms with E-state index in [1.54, 1.807) is 28.5 Å². The minimum Gasteiger partial charge on any atom is -0.497 e. The summed E-state index contributed by atoms with van der Waals surface area (Å²) in [5.74, 6) is 0.771. The second-order valence-electron chi connectivity index (χ2n) is 6.31. The largest absolute Gasteiger partial charge is 0.497 e. The van der Waals surface area contributed by atoms with Gasteiger partial charge in [-0.1, -0.05) is 42.1 Å². The summed E-state index contributed by atoms with van der Waals surface area (Å²) in [6, 6.07) is 17.8. The van der Waals surface area contributed by atoms with Gasteiger partial charge in [0, 0.05) is 25.5 Å². The molecule has 140 valence electrons. The van der Waals surface area contributed by atoms with Gasteiger partial charge in [-0.15, -0.1) is 0 Å². The first-order valence-electron chi connectivity index (χ1n) is 8.64. The normalized spacial score (nSPS) is 10.7. The molecule has 0 saturated carbocycles. The number of aryl methyl sites for hydroxylation is 2. The molecule has 1 amide bonds. The zero-order valence-electron chi connectivity index (χ0n) is 16.0.